The van der Waals surface area contributed by atoms with Crippen LogP contribution in [0.1, 0.15) is 43.2 Å². The molecule has 104 valence electrons. The Kier molecular flexibility index (Phi) is 4.59. The maximum atomic E-state index is 12.2. The van der Waals surface area contributed by atoms with Crippen LogP contribution in [0.5, 0.6) is 0 Å². The zero-order valence-electron chi connectivity index (χ0n) is 11.7. The largest absolute Gasteiger partial charge is 0.349 e. The van der Waals surface area contributed by atoms with Gasteiger partial charge in [-0.2, -0.15) is 0 Å². The topological polar surface area (TPSA) is 55.1 Å². The Morgan fingerprint density at radius 2 is 1.95 bits per heavy atom. The molecule has 0 radical (unpaired) electrons. The zero-order valence-corrected chi connectivity index (χ0v) is 11.7. The van der Waals surface area contributed by atoms with E-state index >= 15 is 0 Å². The van der Waals surface area contributed by atoms with Gasteiger partial charge in [-0.25, -0.2) is 0 Å². The van der Waals surface area contributed by atoms with Gasteiger partial charge >= 0.3 is 0 Å². The minimum Gasteiger partial charge on any atom is -0.349 e. The predicted octanol–water partition coefficient (Wildman–Crippen LogP) is 2.32. The molecule has 0 unspecified atom stereocenters. The van der Waals surface area contributed by atoms with Gasteiger partial charge < -0.3 is 11.1 Å². The molecule has 3 heteroatoms. The number of carbonyl (C=O) groups is 1. The Bertz CT molecular complexity index is 436. The molecule has 1 amide bonds. The first kappa shape index (κ1) is 14.1. The summed E-state index contributed by atoms with van der Waals surface area (Å²) in [5.41, 5.74) is 8.01. The number of aryl methyl sites for hydroxylation is 1. The summed E-state index contributed by atoms with van der Waals surface area (Å²) in [7, 11) is 0. The molecule has 0 aromatic heterocycles. The Morgan fingerprint density at radius 1 is 1.26 bits per heavy atom. The monoisotopic (exact) mass is 260 g/mol. The maximum absolute atomic E-state index is 12.2. The Balaban J connectivity index is 1.98. The predicted molar refractivity (Wildman–Crippen MR) is 77.9 cm³/mol. The van der Waals surface area contributed by atoms with Gasteiger partial charge in [-0.1, -0.05) is 43.5 Å². The third-order valence-electron chi connectivity index (χ3n) is 4.22. The summed E-state index contributed by atoms with van der Waals surface area (Å²) in [5.74, 6) is 0.0988. The van der Waals surface area contributed by atoms with Crippen LogP contribution in [-0.2, 0) is 11.2 Å². The normalized spacial score (nSPS) is 18.0. The number of rotatable bonds is 4. The van der Waals surface area contributed by atoms with Gasteiger partial charge in [0, 0.05) is 6.54 Å². The molecule has 3 nitrogen and oxygen atoms in total. The lowest BCUT2D eigenvalue weighted by atomic mass is 9.81. The van der Waals surface area contributed by atoms with Crippen LogP contribution < -0.4 is 11.1 Å². The van der Waals surface area contributed by atoms with Gasteiger partial charge in [-0.15, -0.1) is 0 Å². The van der Waals surface area contributed by atoms with E-state index in [0.717, 1.165) is 18.4 Å². The third-order valence-corrected chi connectivity index (χ3v) is 4.22. The molecule has 1 fully saturated rings. The molecule has 1 aromatic rings. The van der Waals surface area contributed by atoms with Crippen molar-refractivity contribution in [3.63, 3.8) is 0 Å². The lowest BCUT2D eigenvalue weighted by molar-refractivity contribution is -0.122. The minimum atomic E-state index is -0.155. The van der Waals surface area contributed by atoms with Crippen LogP contribution in [0.3, 0.4) is 0 Å². The first-order valence-electron chi connectivity index (χ1n) is 7.21. The molecule has 1 saturated carbocycles. The smallest absolute Gasteiger partial charge is 0.224 e. The van der Waals surface area contributed by atoms with E-state index in [-0.39, 0.29) is 11.4 Å². The van der Waals surface area contributed by atoms with Crippen molar-refractivity contribution >= 4 is 5.91 Å². The van der Waals surface area contributed by atoms with E-state index in [0.29, 0.717) is 13.0 Å². The molecule has 19 heavy (non-hydrogen) atoms. The second-order valence-corrected chi connectivity index (χ2v) is 5.70. The molecule has 1 aromatic carbocycles. The van der Waals surface area contributed by atoms with Crippen molar-refractivity contribution in [3.8, 4) is 0 Å². The summed E-state index contributed by atoms with van der Waals surface area (Å²) in [6.07, 6.45) is 6.08. The highest BCUT2D eigenvalue weighted by Gasteiger charge is 2.31. The van der Waals surface area contributed by atoms with Crippen LogP contribution in [0.4, 0.5) is 0 Å². The Labute approximate surface area is 115 Å². The van der Waals surface area contributed by atoms with E-state index in [1.165, 1.54) is 24.8 Å². The zero-order chi connectivity index (χ0) is 13.7. The van der Waals surface area contributed by atoms with E-state index in [1.54, 1.807) is 0 Å². The summed E-state index contributed by atoms with van der Waals surface area (Å²) in [6.45, 7) is 2.59. The molecule has 1 aliphatic rings. The van der Waals surface area contributed by atoms with Gasteiger partial charge in [0.2, 0.25) is 5.91 Å². The van der Waals surface area contributed by atoms with Crippen molar-refractivity contribution in [1.29, 1.82) is 0 Å². The molecule has 0 aliphatic heterocycles. The number of benzene rings is 1. The van der Waals surface area contributed by atoms with Crippen LogP contribution in [-0.4, -0.2) is 18.0 Å². The highest BCUT2D eigenvalue weighted by molar-refractivity contribution is 5.79. The summed E-state index contributed by atoms with van der Waals surface area (Å²) in [5, 5.41) is 3.19. The molecule has 0 bridgehead atoms. The van der Waals surface area contributed by atoms with Crippen LogP contribution in [0.15, 0.2) is 24.3 Å². The SMILES string of the molecule is Cc1ccccc1CC(=O)NC1(CN)CCCCC1. The summed E-state index contributed by atoms with van der Waals surface area (Å²) in [4.78, 5) is 12.2. The average Bonchev–Trinajstić information content (AvgIpc) is 2.42. The number of hydrogen-bond acceptors (Lipinski definition) is 2. The molecule has 2 rings (SSSR count). The number of carbonyl (C=O) groups excluding carboxylic acids is 1. The van der Waals surface area contributed by atoms with Crippen molar-refractivity contribution in [3.05, 3.63) is 35.4 Å². The van der Waals surface area contributed by atoms with Crippen LogP contribution >= 0.6 is 0 Å². The Morgan fingerprint density at radius 3 is 2.58 bits per heavy atom. The van der Waals surface area contributed by atoms with E-state index in [2.05, 4.69) is 5.32 Å². The minimum absolute atomic E-state index is 0.0988. The quantitative estimate of drug-likeness (QED) is 0.873. The number of hydrogen-bond donors (Lipinski definition) is 2. The molecule has 3 N–H and O–H groups in total. The molecule has 0 atom stereocenters. The number of amides is 1. The molecule has 0 spiro atoms. The van der Waals surface area contributed by atoms with Crippen LogP contribution in [0, 0.1) is 6.92 Å². The van der Waals surface area contributed by atoms with Crippen LogP contribution in [0.2, 0.25) is 0 Å². The fourth-order valence-electron chi connectivity index (χ4n) is 2.93. The van der Waals surface area contributed by atoms with E-state index in [9.17, 15) is 4.79 Å². The van der Waals surface area contributed by atoms with Gasteiger partial charge in [0.1, 0.15) is 0 Å². The maximum Gasteiger partial charge on any atom is 0.224 e. The molecule has 0 saturated heterocycles. The fourth-order valence-corrected chi connectivity index (χ4v) is 2.93. The van der Waals surface area contributed by atoms with E-state index in [1.807, 2.05) is 31.2 Å². The van der Waals surface area contributed by atoms with Gasteiger partial charge in [0.25, 0.3) is 0 Å². The molecular weight excluding hydrogens is 236 g/mol. The second-order valence-electron chi connectivity index (χ2n) is 5.70. The van der Waals surface area contributed by atoms with Gasteiger partial charge in [-0.3, -0.25) is 4.79 Å². The van der Waals surface area contributed by atoms with Crippen molar-refractivity contribution in [2.45, 2.75) is 51.0 Å². The number of nitrogens with two attached hydrogens (primary N) is 1. The van der Waals surface area contributed by atoms with E-state index < -0.39 is 0 Å². The summed E-state index contributed by atoms with van der Waals surface area (Å²) < 4.78 is 0. The average molecular weight is 260 g/mol. The van der Waals surface area contributed by atoms with Gasteiger partial charge in [0.15, 0.2) is 0 Å². The van der Waals surface area contributed by atoms with Crippen molar-refractivity contribution in [2.24, 2.45) is 5.73 Å². The standard InChI is InChI=1S/C16H24N2O/c1-13-7-3-4-8-14(13)11-15(19)18-16(12-17)9-5-2-6-10-16/h3-4,7-8H,2,5-6,9-12,17H2,1H3,(H,18,19). The van der Waals surface area contributed by atoms with E-state index in [4.69, 9.17) is 5.73 Å². The lowest BCUT2D eigenvalue weighted by Crippen LogP contribution is -2.55. The summed E-state index contributed by atoms with van der Waals surface area (Å²) in [6, 6.07) is 8.04. The fraction of sp³-hybridized carbons (Fsp3) is 0.562. The van der Waals surface area contributed by atoms with Gasteiger partial charge in [-0.05, 0) is 30.9 Å². The molecule has 0 heterocycles. The first-order valence-corrected chi connectivity index (χ1v) is 7.21. The van der Waals surface area contributed by atoms with Crippen LogP contribution in [0.25, 0.3) is 0 Å². The van der Waals surface area contributed by atoms with Gasteiger partial charge in [0.05, 0.1) is 12.0 Å². The van der Waals surface area contributed by atoms with Crippen molar-refractivity contribution < 1.29 is 4.79 Å². The molecular formula is C16H24N2O. The summed E-state index contributed by atoms with van der Waals surface area (Å²) >= 11 is 0. The third kappa shape index (κ3) is 3.57. The lowest BCUT2D eigenvalue weighted by Gasteiger charge is -2.37. The molecule has 1 aliphatic carbocycles. The highest BCUT2D eigenvalue weighted by atomic mass is 16.1. The first-order chi connectivity index (χ1) is 9.15. The van der Waals surface area contributed by atoms with Crippen molar-refractivity contribution in [1.82, 2.24) is 5.32 Å². The second kappa shape index (κ2) is 6.20. The number of nitrogens with one attached hydrogen (secondary N) is 1. The highest BCUT2D eigenvalue weighted by Crippen LogP contribution is 2.27. The Hall–Kier alpha value is -1.35. The van der Waals surface area contributed by atoms with Crippen molar-refractivity contribution in [2.75, 3.05) is 6.54 Å².